The first kappa shape index (κ1) is 15.6. The van der Waals surface area contributed by atoms with E-state index in [9.17, 15) is 12.8 Å². The van der Waals surface area contributed by atoms with Gasteiger partial charge < -0.3 is 0 Å². The van der Waals surface area contributed by atoms with Gasteiger partial charge in [0.25, 0.3) is 0 Å². The van der Waals surface area contributed by atoms with Crippen LogP contribution in [0.15, 0.2) is 51.8 Å². The molecule has 0 heterocycles. The number of hydrogen-bond donors (Lipinski definition) is 1. The van der Waals surface area contributed by atoms with Crippen LogP contribution in [0.2, 0.25) is 0 Å². The van der Waals surface area contributed by atoms with Crippen LogP contribution in [-0.4, -0.2) is 8.42 Å². The number of hydrogen-bond acceptors (Lipinski definition) is 3. The highest BCUT2D eigenvalue weighted by Gasteiger charge is 2.17. The van der Waals surface area contributed by atoms with E-state index in [4.69, 9.17) is 5.26 Å². The second-order valence-corrected chi connectivity index (χ2v) is 6.80. The van der Waals surface area contributed by atoms with Crippen LogP contribution < -0.4 is 4.72 Å². The molecule has 0 amide bonds. The maximum Gasteiger partial charge on any atom is 0.241 e. The van der Waals surface area contributed by atoms with Gasteiger partial charge in [-0.1, -0.05) is 12.1 Å². The van der Waals surface area contributed by atoms with Gasteiger partial charge in [0.05, 0.1) is 16.5 Å². The monoisotopic (exact) mass is 368 g/mol. The van der Waals surface area contributed by atoms with E-state index in [0.29, 0.717) is 11.1 Å². The van der Waals surface area contributed by atoms with Gasteiger partial charge in [-0.2, -0.15) is 5.26 Å². The Morgan fingerprint density at radius 3 is 2.67 bits per heavy atom. The predicted molar refractivity (Wildman–Crippen MR) is 79.3 cm³/mol. The summed E-state index contributed by atoms with van der Waals surface area (Å²) in [6.45, 7) is 0.0433. The largest absolute Gasteiger partial charge is 0.241 e. The molecule has 0 atom stereocenters. The van der Waals surface area contributed by atoms with E-state index in [2.05, 4.69) is 20.7 Å². The molecule has 2 aromatic rings. The maximum absolute atomic E-state index is 13.0. The minimum absolute atomic E-state index is 0.0414. The second-order valence-electron chi connectivity index (χ2n) is 4.21. The Bertz CT molecular complexity index is 816. The van der Waals surface area contributed by atoms with Crippen molar-refractivity contribution >= 4 is 26.0 Å². The fraction of sp³-hybridized carbons (Fsp3) is 0.0714. The van der Waals surface area contributed by atoms with Crippen LogP contribution in [0.4, 0.5) is 4.39 Å². The first-order valence-electron chi connectivity index (χ1n) is 5.86. The van der Waals surface area contributed by atoms with Crippen molar-refractivity contribution in [3.05, 3.63) is 63.9 Å². The molecule has 2 aromatic carbocycles. The molecule has 0 aliphatic rings. The summed E-state index contributed by atoms with van der Waals surface area (Å²) in [6, 6.07) is 12.0. The molecule has 0 radical (unpaired) electrons. The Hall–Kier alpha value is -1.75. The standard InChI is InChI=1S/C14H10BrFN2O2S/c15-13-7-12(16)4-5-14(13)21(19,20)18-9-11-3-1-2-10(6-11)8-17/h1-7,18H,9H2. The van der Waals surface area contributed by atoms with Crippen molar-refractivity contribution in [2.24, 2.45) is 0 Å². The fourth-order valence-corrected chi connectivity index (χ4v) is 3.77. The summed E-state index contributed by atoms with van der Waals surface area (Å²) in [5.74, 6) is -0.525. The summed E-state index contributed by atoms with van der Waals surface area (Å²) < 4.78 is 39.9. The van der Waals surface area contributed by atoms with Crippen LogP contribution >= 0.6 is 15.9 Å². The van der Waals surface area contributed by atoms with Crippen molar-refractivity contribution in [3.63, 3.8) is 0 Å². The van der Waals surface area contributed by atoms with E-state index in [1.54, 1.807) is 24.3 Å². The molecule has 1 N–H and O–H groups in total. The van der Waals surface area contributed by atoms with Gasteiger partial charge in [0, 0.05) is 11.0 Å². The molecule has 2 rings (SSSR count). The minimum atomic E-state index is -3.77. The van der Waals surface area contributed by atoms with Gasteiger partial charge in [-0.3, -0.25) is 0 Å². The third-order valence-electron chi connectivity index (χ3n) is 2.71. The average molecular weight is 369 g/mol. The van der Waals surface area contributed by atoms with Crippen molar-refractivity contribution in [1.29, 1.82) is 5.26 Å². The van der Waals surface area contributed by atoms with E-state index in [-0.39, 0.29) is 15.9 Å². The molecule has 0 aliphatic carbocycles. The number of nitrogens with zero attached hydrogens (tertiary/aromatic N) is 1. The second kappa shape index (κ2) is 6.35. The smallest absolute Gasteiger partial charge is 0.207 e. The summed E-state index contributed by atoms with van der Waals surface area (Å²) in [7, 11) is -3.77. The molecule has 0 saturated heterocycles. The topological polar surface area (TPSA) is 70.0 Å². The van der Waals surface area contributed by atoms with E-state index >= 15 is 0 Å². The number of sulfonamides is 1. The Morgan fingerprint density at radius 2 is 2.00 bits per heavy atom. The fourth-order valence-electron chi connectivity index (χ4n) is 1.70. The van der Waals surface area contributed by atoms with Gasteiger partial charge in [0.2, 0.25) is 10.0 Å². The summed E-state index contributed by atoms with van der Waals surface area (Å²) in [5.41, 5.74) is 1.12. The lowest BCUT2D eigenvalue weighted by Crippen LogP contribution is -2.23. The molecular formula is C14H10BrFN2O2S. The van der Waals surface area contributed by atoms with E-state index in [0.717, 1.165) is 12.1 Å². The Labute approximate surface area is 130 Å². The first-order valence-corrected chi connectivity index (χ1v) is 8.14. The SMILES string of the molecule is N#Cc1cccc(CNS(=O)(=O)c2ccc(F)cc2Br)c1. The average Bonchev–Trinajstić information content (AvgIpc) is 2.45. The predicted octanol–water partition coefficient (Wildman–Crippen LogP) is 2.94. The molecular weight excluding hydrogens is 359 g/mol. The summed E-state index contributed by atoms with van der Waals surface area (Å²) in [5, 5.41) is 8.80. The van der Waals surface area contributed by atoms with Crippen LogP contribution in [0.25, 0.3) is 0 Å². The normalized spacial score (nSPS) is 11.1. The summed E-state index contributed by atoms with van der Waals surface area (Å²) in [4.78, 5) is -0.0414. The van der Waals surface area contributed by atoms with Gasteiger partial charge in [-0.05, 0) is 51.8 Å². The number of nitriles is 1. The van der Waals surface area contributed by atoms with E-state index in [1.807, 2.05) is 6.07 Å². The number of benzene rings is 2. The van der Waals surface area contributed by atoms with Gasteiger partial charge in [-0.15, -0.1) is 0 Å². The lowest BCUT2D eigenvalue weighted by molar-refractivity contribution is 0.579. The lowest BCUT2D eigenvalue weighted by atomic mass is 10.1. The first-order chi connectivity index (χ1) is 9.92. The molecule has 0 saturated carbocycles. The molecule has 108 valence electrons. The zero-order valence-corrected chi connectivity index (χ0v) is 13.1. The van der Waals surface area contributed by atoms with Crippen LogP contribution in [0.3, 0.4) is 0 Å². The van der Waals surface area contributed by atoms with Gasteiger partial charge in [0.1, 0.15) is 5.82 Å². The lowest BCUT2D eigenvalue weighted by Gasteiger charge is -2.09. The van der Waals surface area contributed by atoms with Crippen molar-refractivity contribution in [3.8, 4) is 6.07 Å². The van der Waals surface area contributed by atoms with Gasteiger partial charge in [-0.25, -0.2) is 17.5 Å². The zero-order valence-electron chi connectivity index (χ0n) is 10.7. The van der Waals surface area contributed by atoms with Crippen LogP contribution in [0.1, 0.15) is 11.1 Å². The van der Waals surface area contributed by atoms with Crippen molar-refractivity contribution < 1.29 is 12.8 Å². The third-order valence-corrected chi connectivity index (χ3v) is 5.08. The minimum Gasteiger partial charge on any atom is -0.207 e. The van der Waals surface area contributed by atoms with Crippen LogP contribution in [-0.2, 0) is 16.6 Å². The highest BCUT2D eigenvalue weighted by molar-refractivity contribution is 9.10. The van der Waals surface area contributed by atoms with Crippen LogP contribution in [0, 0.1) is 17.1 Å². The number of halogens is 2. The van der Waals surface area contributed by atoms with E-state index in [1.165, 1.54) is 6.07 Å². The molecule has 7 heteroatoms. The molecule has 21 heavy (non-hydrogen) atoms. The Morgan fingerprint density at radius 1 is 1.24 bits per heavy atom. The molecule has 0 spiro atoms. The molecule has 0 aromatic heterocycles. The molecule has 0 aliphatic heterocycles. The highest BCUT2D eigenvalue weighted by Crippen LogP contribution is 2.22. The van der Waals surface area contributed by atoms with Crippen molar-refractivity contribution in [1.82, 2.24) is 4.72 Å². The molecule has 0 fully saturated rings. The Kier molecular flexibility index (Phi) is 4.73. The molecule has 4 nitrogen and oxygen atoms in total. The molecule has 0 bridgehead atoms. The van der Waals surface area contributed by atoms with E-state index < -0.39 is 15.8 Å². The number of rotatable bonds is 4. The molecule has 0 unspecified atom stereocenters. The van der Waals surface area contributed by atoms with Gasteiger partial charge >= 0.3 is 0 Å². The summed E-state index contributed by atoms with van der Waals surface area (Å²) in [6.07, 6.45) is 0. The summed E-state index contributed by atoms with van der Waals surface area (Å²) >= 11 is 3.03. The van der Waals surface area contributed by atoms with Gasteiger partial charge in [0.15, 0.2) is 0 Å². The Balaban J connectivity index is 2.20. The number of nitrogens with one attached hydrogen (secondary N) is 1. The van der Waals surface area contributed by atoms with Crippen molar-refractivity contribution in [2.75, 3.05) is 0 Å². The highest BCUT2D eigenvalue weighted by atomic mass is 79.9. The maximum atomic E-state index is 13.0. The zero-order chi connectivity index (χ0) is 15.5. The van der Waals surface area contributed by atoms with Crippen LogP contribution in [0.5, 0.6) is 0 Å². The van der Waals surface area contributed by atoms with Crippen molar-refractivity contribution in [2.45, 2.75) is 11.4 Å². The quantitative estimate of drug-likeness (QED) is 0.901. The third kappa shape index (κ3) is 3.88.